The fourth-order valence-corrected chi connectivity index (χ4v) is 0.632. The van der Waals surface area contributed by atoms with E-state index < -0.39 is 40.8 Å². The van der Waals surface area contributed by atoms with Gasteiger partial charge in [0.05, 0.1) is 19.8 Å². The molecular formula is C4H9N3O9. The molecule has 0 unspecified atom stereocenters. The van der Waals surface area contributed by atoms with Crippen molar-refractivity contribution >= 4 is 0 Å². The van der Waals surface area contributed by atoms with Gasteiger partial charge in [0.25, 0.3) is 0 Å². The third-order valence-electron chi connectivity index (χ3n) is 1.55. The summed E-state index contributed by atoms with van der Waals surface area (Å²) in [6.07, 6.45) is 0. The zero-order valence-corrected chi connectivity index (χ0v) is 7.75. The lowest BCUT2D eigenvalue weighted by atomic mass is 10.1. The van der Waals surface area contributed by atoms with Crippen LogP contribution in [-0.4, -0.2) is 56.1 Å². The number of rotatable bonds is 8. The molecule has 0 fully saturated rings. The van der Waals surface area contributed by atoms with E-state index in [1.807, 2.05) is 0 Å². The van der Waals surface area contributed by atoms with E-state index in [0.717, 1.165) is 0 Å². The maximum atomic E-state index is 9.98. The van der Waals surface area contributed by atoms with Crippen LogP contribution in [0.4, 0.5) is 0 Å². The molecule has 0 aliphatic heterocycles. The molecule has 0 aromatic heterocycles. The lowest BCUT2D eigenvalue weighted by Gasteiger charge is -2.33. The second-order valence-corrected chi connectivity index (χ2v) is 2.57. The Morgan fingerprint density at radius 1 is 1.00 bits per heavy atom. The molecule has 0 spiro atoms. The van der Waals surface area contributed by atoms with Crippen LogP contribution in [0.25, 0.3) is 0 Å². The van der Waals surface area contributed by atoms with Crippen LogP contribution in [0.1, 0.15) is 0 Å². The van der Waals surface area contributed by atoms with Crippen LogP contribution in [0.5, 0.6) is 0 Å². The lowest BCUT2D eigenvalue weighted by Crippen LogP contribution is -2.58. The van der Waals surface area contributed by atoms with Gasteiger partial charge in [-0.15, -0.1) is 20.2 Å². The quantitative estimate of drug-likeness (QED) is 0.300. The van der Waals surface area contributed by atoms with Gasteiger partial charge in [-0.3, -0.25) is 0 Å². The predicted molar refractivity (Wildman–Crippen MR) is 42.0 cm³/mol. The van der Waals surface area contributed by atoms with Crippen molar-refractivity contribution < 1.29 is 35.4 Å². The van der Waals surface area contributed by atoms with Gasteiger partial charge in [-0.1, -0.05) is 0 Å². The Bertz CT molecular complexity index is 229. The Kier molecular flexibility index (Phi) is 5.31. The molecule has 0 saturated heterocycles. The van der Waals surface area contributed by atoms with Crippen molar-refractivity contribution in [3.05, 3.63) is 20.2 Å². The zero-order valence-electron chi connectivity index (χ0n) is 7.75. The third kappa shape index (κ3) is 3.43. The fourth-order valence-electron chi connectivity index (χ4n) is 0.632. The molecule has 0 aliphatic carbocycles. The summed E-state index contributed by atoms with van der Waals surface area (Å²) in [7, 11) is 0. The first-order valence-corrected chi connectivity index (χ1v) is 3.69. The molecule has 0 aromatic carbocycles. The molecular weight excluding hydrogens is 234 g/mol. The molecule has 0 rings (SSSR count). The maximum Gasteiger partial charge on any atom is 0.313 e. The Labute approximate surface area is 87.3 Å². The molecule has 0 bridgehead atoms. The van der Waals surface area contributed by atoms with Crippen LogP contribution >= 0.6 is 0 Å². The van der Waals surface area contributed by atoms with E-state index in [9.17, 15) is 20.2 Å². The third-order valence-corrected chi connectivity index (χ3v) is 1.55. The zero-order chi connectivity index (χ0) is 12.8. The van der Waals surface area contributed by atoms with Crippen molar-refractivity contribution in [1.82, 2.24) is 5.23 Å². The molecule has 0 heterocycles. The fraction of sp³-hybridized carbons (Fsp3) is 1.00. The number of hydroxylamine groups is 2. The minimum absolute atomic E-state index is 0.396. The summed E-state index contributed by atoms with van der Waals surface area (Å²) in [5.41, 5.74) is -2.22. The second-order valence-electron chi connectivity index (χ2n) is 2.57. The van der Waals surface area contributed by atoms with Crippen LogP contribution < -0.4 is 0 Å². The van der Waals surface area contributed by atoms with Crippen molar-refractivity contribution in [1.29, 1.82) is 0 Å². The van der Waals surface area contributed by atoms with Crippen LogP contribution in [0.3, 0.4) is 0 Å². The van der Waals surface area contributed by atoms with Gasteiger partial charge in [-0.2, -0.15) is 9.88 Å². The normalized spacial score (nSPS) is 11.2. The van der Waals surface area contributed by atoms with Crippen molar-refractivity contribution in [2.24, 2.45) is 0 Å². The summed E-state index contributed by atoms with van der Waals surface area (Å²) in [5.74, 6) is 0. The molecule has 94 valence electrons. The Morgan fingerprint density at radius 3 is 1.50 bits per heavy atom. The number of nitrogens with zero attached hydrogens (tertiary/aromatic N) is 3. The van der Waals surface area contributed by atoms with E-state index in [1.165, 1.54) is 0 Å². The monoisotopic (exact) mass is 243 g/mol. The average Bonchev–Trinajstić information content (AvgIpc) is 2.19. The highest BCUT2D eigenvalue weighted by Gasteiger charge is 2.41. The highest BCUT2D eigenvalue weighted by atomic mass is 17.2. The van der Waals surface area contributed by atoms with Gasteiger partial charge < -0.3 is 15.3 Å². The molecule has 0 aromatic rings. The molecule has 0 radical (unpaired) electrons. The van der Waals surface area contributed by atoms with Gasteiger partial charge in [-0.05, 0) is 0 Å². The second kappa shape index (κ2) is 5.96. The molecule has 16 heavy (non-hydrogen) atoms. The van der Waals surface area contributed by atoms with Crippen molar-refractivity contribution in [2.75, 3.05) is 19.8 Å². The van der Waals surface area contributed by atoms with E-state index in [0.29, 0.717) is 0 Å². The molecule has 12 nitrogen and oxygen atoms in total. The van der Waals surface area contributed by atoms with E-state index in [-0.39, 0.29) is 0 Å². The number of aliphatic hydroxyl groups excluding tert-OH is 3. The first-order valence-electron chi connectivity index (χ1n) is 3.69. The Hall–Kier alpha value is -1.76. The summed E-state index contributed by atoms with van der Waals surface area (Å²) >= 11 is 0. The predicted octanol–water partition coefficient (Wildman–Crippen LogP) is -2.75. The Morgan fingerprint density at radius 2 is 1.31 bits per heavy atom. The van der Waals surface area contributed by atoms with Gasteiger partial charge in [0.1, 0.15) is 5.54 Å². The van der Waals surface area contributed by atoms with E-state index in [2.05, 4.69) is 9.88 Å². The Balaban J connectivity index is 4.94. The molecule has 0 amide bonds. The number of hydrogen-bond acceptors (Lipinski definition) is 10. The minimum atomic E-state index is -2.22. The summed E-state index contributed by atoms with van der Waals surface area (Å²) in [6.45, 7) is -3.25. The van der Waals surface area contributed by atoms with Gasteiger partial charge in [0.15, 0.2) is 0 Å². The van der Waals surface area contributed by atoms with Crippen molar-refractivity contribution in [3.8, 4) is 0 Å². The molecule has 0 aliphatic rings. The summed E-state index contributed by atoms with van der Waals surface area (Å²) in [6, 6.07) is 0. The smallest absolute Gasteiger partial charge is 0.313 e. The first-order chi connectivity index (χ1) is 7.41. The van der Waals surface area contributed by atoms with E-state index in [1.54, 1.807) is 0 Å². The molecule has 0 saturated carbocycles. The lowest BCUT2D eigenvalue weighted by molar-refractivity contribution is -0.932. The van der Waals surface area contributed by atoms with Gasteiger partial charge in [0, 0.05) is 5.23 Å². The van der Waals surface area contributed by atoms with Gasteiger partial charge in [0.2, 0.25) is 0 Å². The highest BCUT2D eigenvalue weighted by molar-refractivity contribution is 4.81. The average molecular weight is 243 g/mol. The van der Waals surface area contributed by atoms with Gasteiger partial charge in [-0.25, -0.2) is 0 Å². The van der Waals surface area contributed by atoms with E-state index in [4.69, 9.17) is 15.3 Å². The topological polar surface area (TPSA) is 169 Å². The summed E-state index contributed by atoms with van der Waals surface area (Å²) in [4.78, 5) is 27.2. The standard InChI is InChI=1S/C4H9N3O9/c8-1-4(2-9,3-10)5(15-6(11)12)16-7(13)14/h8-10H,1-3H2. The van der Waals surface area contributed by atoms with Gasteiger partial charge >= 0.3 is 10.2 Å². The van der Waals surface area contributed by atoms with Crippen molar-refractivity contribution in [3.63, 3.8) is 0 Å². The van der Waals surface area contributed by atoms with Crippen LogP contribution in [0.15, 0.2) is 0 Å². The molecule has 3 N–H and O–H groups in total. The van der Waals surface area contributed by atoms with Crippen LogP contribution in [0.2, 0.25) is 0 Å². The first kappa shape index (κ1) is 14.2. The summed E-state index contributed by atoms with van der Waals surface area (Å²) in [5, 5.41) is 43.0. The number of hydrogen-bond donors (Lipinski definition) is 3. The highest BCUT2D eigenvalue weighted by Crippen LogP contribution is 2.15. The molecule has 0 atom stereocenters. The van der Waals surface area contributed by atoms with E-state index >= 15 is 0 Å². The van der Waals surface area contributed by atoms with Crippen LogP contribution in [0, 0.1) is 20.2 Å². The summed E-state index contributed by atoms with van der Waals surface area (Å²) < 4.78 is 0. The van der Waals surface area contributed by atoms with Crippen LogP contribution in [-0.2, 0) is 9.88 Å². The van der Waals surface area contributed by atoms with Crippen molar-refractivity contribution in [2.45, 2.75) is 5.54 Å². The SMILES string of the molecule is O=[N+]([O-])ON(O[N+](=O)[O-])C(CO)(CO)CO. The molecule has 12 heteroatoms. The largest absolute Gasteiger partial charge is 0.394 e. The number of aliphatic hydroxyl groups is 3. The maximum absolute atomic E-state index is 9.98. The minimum Gasteiger partial charge on any atom is -0.394 e.